The third-order valence-corrected chi connectivity index (χ3v) is 3.56. The summed E-state index contributed by atoms with van der Waals surface area (Å²) in [4.78, 5) is 0. The van der Waals surface area contributed by atoms with Gasteiger partial charge in [-0.15, -0.1) is 0 Å². The van der Waals surface area contributed by atoms with Crippen LogP contribution in [0.3, 0.4) is 0 Å². The van der Waals surface area contributed by atoms with Crippen molar-refractivity contribution in [1.82, 2.24) is 5.32 Å². The molecule has 0 aromatic heterocycles. The highest BCUT2D eigenvalue weighted by Crippen LogP contribution is 2.20. The maximum absolute atomic E-state index is 5.12. The summed E-state index contributed by atoms with van der Waals surface area (Å²) in [6.45, 7) is 7.48. The van der Waals surface area contributed by atoms with Crippen molar-refractivity contribution in [2.45, 2.75) is 38.0 Å². The fourth-order valence-corrected chi connectivity index (χ4v) is 2.45. The van der Waals surface area contributed by atoms with Gasteiger partial charge in [-0.05, 0) is 32.1 Å². The molecular weight excluding hydrogens is 182 g/mol. The van der Waals surface area contributed by atoms with Crippen molar-refractivity contribution in [1.29, 1.82) is 0 Å². The summed E-state index contributed by atoms with van der Waals surface area (Å²) in [5.74, 6) is 1.30. The standard InChI is InChI=1S/C10H21NOS/c1-3-11-9(2)5-4-6-13-10-7-12-8-10/h9-11H,3-8H2,1-2H3. The fraction of sp³-hybridized carbons (Fsp3) is 1.00. The topological polar surface area (TPSA) is 21.3 Å². The molecule has 1 atom stereocenters. The van der Waals surface area contributed by atoms with Crippen molar-refractivity contribution in [3.63, 3.8) is 0 Å². The van der Waals surface area contributed by atoms with Crippen LogP contribution >= 0.6 is 11.8 Å². The maximum Gasteiger partial charge on any atom is 0.0607 e. The van der Waals surface area contributed by atoms with Crippen LogP contribution in [0.2, 0.25) is 0 Å². The minimum atomic E-state index is 0.684. The van der Waals surface area contributed by atoms with Crippen molar-refractivity contribution in [3.8, 4) is 0 Å². The van der Waals surface area contributed by atoms with Gasteiger partial charge in [0.2, 0.25) is 0 Å². The van der Waals surface area contributed by atoms with Gasteiger partial charge in [0.15, 0.2) is 0 Å². The molecule has 1 aliphatic rings. The van der Waals surface area contributed by atoms with Crippen molar-refractivity contribution in [2.24, 2.45) is 0 Å². The summed E-state index contributed by atoms with van der Waals surface area (Å²) in [5, 5.41) is 4.23. The normalized spacial score (nSPS) is 19.8. The van der Waals surface area contributed by atoms with Crippen LogP contribution in [0.1, 0.15) is 26.7 Å². The molecule has 1 fully saturated rings. The average Bonchev–Trinajstić information content (AvgIpc) is 2.01. The van der Waals surface area contributed by atoms with Crippen LogP contribution in [-0.2, 0) is 4.74 Å². The second-order valence-corrected chi connectivity index (χ2v) is 5.04. The number of nitrogens with one attached hydrogen (secondary N) is 1. The summed E-state index contributed by atoms with van der Waals surface area (Å²) < 4.78 is 5.12. The number of rotatable bonds is 7. The van der Waals surface area contributed by atoms with E-state index < -0.39 is 0 Å². The molecule has 1 rings (SSSR count). The number of thioether (sulfide) groups is 1. The van der Waals surface area contributed by atoms with Crippen molar-refractivity contribution < 1.29 is 4.74 Å². The molecule has 0 amide bonds. The lowest BCUT2D eigenvalue weighted by Crippen LogP contribution is -2.30. The molecule has 1 N–H and O–H groups in total. The van der Waals surface area contributed by atoms with Crippen LogP contribution in [0.5, 0.6) is 0 Å². The Kier molecular flexibility index (Phi) is 5.83. The van der Waals surface area contributed by atoms with Crippen LogP contribution in [-0.4, -0.2) is 36.8 Å². The molecular formula is C10H21NOS. The maximum atomic E-state index is 5.12. The Hall–Kier alpha value is 0.270. The first kappa shape index (κ1) is 11.3. The summed E-state index contributed by atoms with van der Waals surface area (Å²) in [5.41, 5.74) is 0. The van der Waals surface area contributed by atoms with E-state index in [9.17, 15) is 0 Å². The fourth-order valence-electron chi connectivity index (χ4n) is 1.40. The van der Waals surface area contributed by atoms with Crippen molar-refractivity contribution in [3.05, 3.63) is 0 Å². The van der Waals surface area contributed by atoms with Gasteiger partial charge in [0.1, 0.15) is 0 Å². The van der Waals surface area contributed by atoms with Gasteiger partial charge in [0.25, 0.3) is 0 Å². The highest BCUT2D eigenvalue weighted by Gasteiger charge is 2.17. The Bertz CT molecular complexity index is 128. The van der Waals surface area contributed by atoms with Gasteiger partial charge in [-0.2, -0.15) is 11.8 Å². The van der Waals surface area contributed by atoms with E-state index in [0.29, 0.717) is 6.04 Å². The summed E-state index contributed by atoms with van der Waals surface area (Å²) in [6, 6.07) is 0.684. The number of hydrogen-bond acceptors (Lipinski definition) is 3. The lowest BCUT2D eigenvalue weighted by Gasteiger charge is -2.25. The zero-order valence-electron chi connectivity index (χ0n) is 8.71. The molecule has 1 unspecified atom stereocenters. The summed E-state index contributed by atoms with van der Waals surface area (Å²) in [7, 11) is 0. The Labute approximate surface area is 85.8 Å². The van der Waals surface area contributed by atoms with E-state index in [1.165, 1.54) is 18.6 Å². The Morgan fingerprint density at radius 1 is 1.54 bits per heavy atom. The zero-order chi connectivity index (χ0) is 9.52. The van der Waals surface area contributed by atoms with Crippen LogP contribution in [0, 0.1) is 0 Å². The van der Waals surface area contributed by atoms with Gasteiger partial charge < -0.3 is 10.1 Å². The molecule has 0 aliphatic carbocycles. The lowest BCUT2D eigenvalue weighted by molar-refractivity contribution is 0.0455. The molecule has 0 bridgehead atoms. The van der Waals surface area contributed by atoms with Crippen LogP contribution < -0.4 is 5.32 Å². The lowest BCUT2D eigenvalue weighted by atomic mass is 10.2. The van der Waals surface area contributed by atoms with Crippen molar-refractivity contribution in [2.75, 3.05) is 25.5 Å². The Morgan fingerprint density at radius 2 is 2.31 bits per heavy atom. The van der Waals surface area contributed by atoms with E-state index in [1.54, 1.807) is 0 Å². The van der Waals surface area contributed by atoms with Gasteiger partial charge >= 0.3 is 0 Å². The van der Waals surface area contributed by atoms with Gasteiger partial charge in [-0.3, -0.25) is 0 Å². The molecule has 0 saturated carbocycles. The molecule has 1 saturated heterocycles. The van der Waals surface area contributed by atoms with E-state index in [2.05, 4.69) is 30.9 Å². The van der Waals surface area contributed by atoms with Crippen molar-refractivity contribution >= 4 is 11.8 Å². The highest BCUT2D eigenvalue weighted by atomic mass is 32.2. The third-order valence-electron chi connectivity index (χ3n) is 2.30. The minimum absolute atomic E-state index is 0.684. The van der Waals surface area contributed by atoms with Crippen LogP contribution in [0.15, 0.2) is 0 Å². The molecule has 13 heavy (non-hydrogen) atoms. The van der Waals surface area contributed by atoms with E-state index >= 15 is 0 Å². The molecule has 1 aliphatic heterocycles. The predicted octanol–water partition coefficient (Wildman–Crippen LogP) is 1.90. The van der Waals surface area contributed by atoms with Gasteiger partial charge in [-0.1, -0.05) is 6.92 Å². The predicted molar refractivity (Wildman–Crippen MR) is 59.4 cm³/mol. The van der Waals surface area contributed by atoms with E-state index in [0.717, 1.165) is 25.0 Å². The Balaban J connectivity index is 1.82. The highest BCUT2D eigenvalue weighted by molar-refractivity contribution is 8.00. The molecule has 78 valence electrons. The number of hydrogen-bond donors (Lipinski definition) is 1. The summed E-state index contributed by atoms with van der Waals surface area (Å²) >= 11 is 2.07. The van der Waals surface area contributed by atoms with E-state index in [4.69, 9.17) is 4.74 Å². The molecule has 2 nitrogen and oxygen atoms in total. The molecule has 0 aromatic carbocycles. The number of ether oxygens (including phenoxy) is 1. The SMILES string of the molecule is CCNC(C)CCCSC1COC1. The first-order chi connectivity index (χ1) is 6.33. The van der Waals surface area contributed by atoms with E-state index in [1.807, 2.05) is 0 Å². The third kappa shape index (κ3) is 4.89. The summed E-state index contributed by atoms with van der Waals surface area (Å²) in [6.07, 6.45) is 2.63. The molecule has 0 aromatic rings. The first-order valence-corrected chi connectivity index (χ1v) is 6.30. The quantitative estimate of drug-likeness (QED) is 0.639. The average molecular weight is 203 g/mol. The van der Waals surface area contributed by atoms with E-state index in [-0.39, 0.29) is 0 Å². The molecule has 3 heteroatoms. The monoisotopic (exact) mass is 203 g/mol. The minimum Gasteiger partial charge on any atom is -0.379 e. The van der Waals surface area contributed by atoms with Gasteiger partial charge in [-0.25, -0.2) is 0 Å². The smallest absolute Gasteiger partial charge is 0.0607 e. The zero-order valence-corrected chi connectivity index (χ0v) is 9.53. The van der Waals surface area contributed by atoms with Crippen LogP contribution in [0.4, 0.5) is 0 Å². The second kappa shape index (κ2) is 6.68. The first-order valence-electron chi connectivity index (χ1n) is 5.25. The Morgan fingerprint density at radius 3 is 2.85 bits per heavy atom. The second-order valence-electron chi connectivity index (χ2n) is 3.63. The molecule has 0 spiro atoms. The van der Waals surface area contributed by atoms with Gasteiger partial charge in [0.05, 0.1) is 18.5 Å². The largest absolute Gasteiger partial charge is 0.379 e. The molecule has 0 radical (unpaired) electrons. The van der Waals surface area contributed by atoms with Crippen LogP contribution in [0.25, 0.3) is 0 Å². The molecule has 1 heterocycles. The van der Waals surface area contributed by atoms with Gasteiger partial charge in [0, 0.05) is 6.04 Å².